The molecule has 7 nitrogen and oxygen atoms in total. The van der Waals surface area contributed by atoms with Crippen LogP contribution in [0.4, 0.5) is 5.82 Å². The van der Waals surface area contributed by atoms with Crippen molar-refractivity contribution in [2.75, 3.05) is 37.6 Å². The van der Waals surface area contributed by atoms with Crippen LogP contribution in [0.15, 0.2) is 24.4 Å². The first-order valence-electron chi connectivity index (χ1n) is 12.5. The fraction of sp³-hybridized carbons (Fsp3) is 0.538. The predicted octanol–water partition coefficient (Wildman–Crippen LogP) is 5.95. The maximum absolute atomic E-state index is 9.61. The van der Waals surface area contributed by atoms with E-state index in [0.717, 1.165) is 31.0 Å². The molecule has 0 saturated carbocycles. The Morgan fingerprint density at radius 3 is 2.66 bits per heavy atom. The molecule has 9 heteroatoms. The molecule has 2 aromatic heterocycles. The van der Waals surface area contributed by atoms with Gasteiger partial charge in [0.1, 0.15) is 17.4 Å². The van der Waals surface area contributed by atoms with E-state index in [1.807, 2.05) is 13.0 Å². The maximum atomic E-state index is 9.61. The highest BCUT2D eigenvalue weighted by molar-refractivity contribution is 6.35. The second kappa shape index (κ2) is 11.6. The SMILES string of the molecule is CCCCN(CCC)CCC1CN(c2cnc3c(C#N)nn([C@H](C)c4ccc(Cl)cc4Cl)c3n2)C1. The molecule has 0 bridgehead atoms. The minimum absolute atomic E-state index is 0.231. The summed E-state index contributed by atoms with van der Waals surface area (Å²) >= 11 is 12.5. The number of hydrogen-bond donors (Lipinski definition) is 0. The molecule has 0 N–H and O–H groups in total. The van der Waals surface area contributed by atoms with Crippen LogP contribution in [0, 0.1) is 17.2 Å². The van der Waals surface area contributed by atoms with Crippen molar-refractivity contribution in [1.29, 1.82) is 5.26 Å². The van der Waals surface area contributed by atoms with Crippen LogP contribution in [0.5, 0.6) is 0 Å². The fourth-order valence-electron chi connectivity index (χ4n) is 4.71. The number of halogens is 2. The summed E-state index contributed by atoms with van der Waals surface area (Å²) in [6.07, 6.45) is 6.68. The van der Waals surface area contributed by atoms with Crippen LogP contribution in [-0.4, -0.2) is 57.4 Å². The van der Waals surface area contributed by atoms with Crippen molar-refractivity contribution in [2.24, 2.45) is 5.92 Å². The molecule has 1 aliphatic rings. The van der Waals surface area contributed by atoms with Gasteiger partial charge >= 0.3 is 0 Å². The summed E-state index contributed by atoms with van der Waals surface area (Å²) in [6.45, 7) is 12.0. The molecule has 1 atom stereocenters. The van der Waals surface area contributed by atoms with Crippen molar-refractivity contribution >= 4 is 40.2 Å². The Labute approximate surface area is 217 Å². The molecule has 0 unspecified atom stereocenters. The van der Waals surface area contributed by atoms with Gasteiger partial charge in [-0.3, -0.25) is 0 Å². The van der Waals surface area contributed by atoms with Gasteiger partial charge in [0.25, 0.3) is 0 Å². The molecule has 35 heavy (non-hydrogen) atoms. The third kappa shape index (κ3) is 5.72. The lowest BCUT2D eigenvalue weighted by Gasteiger charge is -2.41. The standard InChI is InChI=1S/C26H33Cl2N7/c1-4-6-11-33(10-5-2)12-9-19-16-34(17-19)24-15-30-25-23(14-29)32-35(26(25)31-24)18(3)21-8-7-20(27)13-22(21)28/h7-8,13,15,18-19H,4-6,9-12,16-17H2,1-3H3/t18-/m1/s1. The average molecular weight is 515 g/mol. The van der Waals surface area contributed by atoms with Crippen molar-refractivity contribution < 1.29 is 0 Å². The number of rotatable bonds is 11. The highest BCUT2D eigenvalue weighted by Crippen LogP contribution is 2.32. The highest BCUT2D eigenvalue weighted by Gasteiger charge is 2.29. The monoisotopic (exact) mass is 513 g/mol. The molecule has 1 aromatic carbocycles. The molecule has 3 heterocycles. The fourth-order valence-corrected chi connectivity index (χ4v) is 5.27. The molecule has 186 valence electrons. The summed E-state index contributed by atoms with van der Waals surface area (Å²) < 4.78 is 1.74. The number of anilines is 1. The first kappa shape index (κ1) is 25.7. The number of nitrogens with zero attached hydrogens (tertiary/aromatic N) is 7. The van der Waals surface area contributed by atoms with E-state index >= 15 is 0 Å². The Hall–Kier alpha value is -2.40. The Kier molecular flexibility index (Phi) is 8.48. The van der Waals surface area contributed by atoms with E-state index in [0.29, 0.717) is 27.1 Å². The van der Waals surface area contributed by atoms with Gasteiger partial charge in [0.15, 0.2) is 11.3 Å². The van der Waals surface area contributed by atoms with Gasteiger partial charge in [0.05, 0.1) is 12.2 Å². The summed E-state index contributed by atoms with van der Waals surface area (Å²) in [5.41, 5.74) is 2.23. The largest absolute Gasteiger partial charge is 0.355 e. The van der Waals surface area contributed by atoms with Crippen molar-refractivity contribution in [2.45, 2.75) is 52.5 Å². The minimum Gasteiger partial charge on any atom is -0.355 e. The van der Waals surface area contributed by atoms with E-state index in [9.17, 15) is 5.26 Å². The molecule has 1 aliphatic heterocycles. The first-order valence-corrected chi connectivity index (χ1v) is 13.3. The number of unbranched alkanes of at least 4 members (excludes halogenated alkanes) is 1. The number of nitriles is 1. The van der Waals surface area contributed by atoms with Crippen molar-refractivity contribution in [3.63, 3.8) is 0 Å². The number of fused-ring (bicyclic) bond motifs is 1. The summed E-state index contributed by atoms with van der Waals surface area (Å²) in [7, 11) is 0. The number of benzene rings is 1. The second-order valence-corrected chi connectivity index (χ2v) is 10.2. The smallest absolute Gasteiger partial charge is 0.190 e. The van der Waals surface area contributed by atoms with Crippen molar-refractivity contribution in [1.82, 2.24) is 24.6 Å². The minimum atomic E-state index is -0.231. The van der Waals surface area contributed by atoms with Gasteiger partial charge in [-0.05, 0) is 69.4 Å². The molecule has 1 saturated heterocycles. The van der Waals surface area contributed by atoms with E-state index in [1.54, 1.807) is 23.0 Å². The molecular weight excluding hydrogens is 481 g/mol. The quantitative estimate of drug-likeness (QED) is 0.315. The Balaban J connectivity index is 1.48. The van der Waals surface area contributed by atoms with E-state index in [2.05, 4.69) is 39.8 Å². The van der Waals surface area contributed by atoms with Crippen LogP contribution in [0.2, 0.25) is 10.0 Å². The van der Waals surface area contributed by atoms with Gasteiger partial charge < -0.3 is 9.80 Å². The van der Waals surface area contributed by atoms with Gasteiger partial charge in [0.2, 0.25) is 0 Å². The lowest BCUT2D eigenvalue weighted by Crippen LogP contribution is -2.48. The number of hydrogen-bond acceptors (Lipinski definition) is 6. The normalized spacial score (nSPS) is 14.9. The zero-order valence-corrected chi connectivity index (χ0v) is 22.2. The van der Waals surface area contributed by atoms with Gasteiger partial charge in [0, 0.05) is 23.1 Å². The summed E-state index contributed by atoms with van der Waals surface area (Å²) in [5.74, 6) is 1.49. The maximum Gasteiger partial charge on any atom is 0.190 e. The van der Waals surface area contributed by atoms with Gasteiger partial charge in [-0.2, -0.15) is 10.4 Å². The Morgan fingerprint density at radius 2 is 1.97 bits per heavy atom. The van der Waals surface area contributed by atoms with Crippen LogP contribution >= 0.6 is 23.2 Å². The van der Waals surface area contributed by atoms with E-state index in [1.165, 1.54) is 38.8 Å². The summed E-state index contributed by atoms with van der Waals surface area (Å²) in [4.78, 5) is 14.3. The van der Waals surface area contributed by atoms with E-state index < -0.39 is 0 Å². The van der Waals surface area contributed by atoms with Crippen LogP contribution in [0.25, 0.3) is 11.2 Å². The molecular formula is C26H33Cl2N7. The molecule has 0 amide bonds. The van der Waals surface area contributed by atoms with Crippen LogP contribution in [0.1, 0.15) is 63.8 Å². The van der Waals surface area contributed by atoms with Gasteiger partial charge in [-0.1, -0.05) is 49.5 Å². The predicted molar refractivity (Wildman–Crippen MR) is 142 cm³/mol. The molecule has 3 aromatic rings. The Bertz CT molecular complexity index is 1200. The molecule has 0 aliphatic carbocycles. The molecule has 1 fully saturated rings. The van der Waals surface area contributed by atoms with Crippen LogP contribution in [-0.2, 0) is 0 Å². The Morgan fingerprint density at radius 1 is 1.17 bits per heavy atom. The zero-order valence-electron chi connectivity index (χ0n) is 20.7. The summed E-state index contributed by atoms with van der Waals surface area (Å²) in [5, 5.41) is 15.2. The second-order valence-electron chi connectivity index (χ2n) is 9.40. The molecule has 0 radical (unpaired) electrons. The van der Waals surface area contributed by atoms with Crippen molar-refractivity contribution in [3.8, 4) is 6.07 Å². The third-order valence-corrected chi connectivity index (χ3v) is 7.34. The van der Waals surface area contributed by atoms with E-state index in [-0.39, 0.29) is 11.7 Å². The highest BCUT2D eigenvalue weighted by atomic mass is 35.5. The molecule has 4 rings (SSSR count). The summed E-state index contributed by atoms with van der Waals surface area (Å²) in [6, 6.07) is 7.32. The lowest BCUT2D eigenvalue weighted by molar-refractivity contribution is 0.235. The van der Waals surface area contributed by atoms with Gasteiger partial charge in [-0.25, -0.2) is 14.6 Å². The topological polar surface area (TPSA) is 73.9 Å². The van der Waals surface area contributed by atoms with Crippen molar-refractivity contribution in [3.05, 3.63) is 45.7 Å². The van der Waals surface area contributed by atoms with E-state index in [4.69, 9.17) is 28.2 Å². The zero-order chi connectivity index (χ0) is 24.9. The first-order chi connectivity index (χ1) is 16.9. The number of aromatic nitrogens is 4. The molecule has 0 spiro atoms. The average Bonchev–Trinajstić information content (AvgIpc) is 3.19. The van der Waals surface area contributed by atoms with Crippen LogP contribution in [0.3, 0.4) is 0 Å². The van der Waals surface area contributed by atoms with Gasteiger partial charge in [-0.15, -0.1) is 0 Å². The lowest BCUT2D eigenvalue weighted by atomic mass is 9.96. The van der Waals surface area contributed by atoms with Crippen LogP contribution < -0.4 is 4.90 Å². The third-order valence-electron chi connectivity index (χ3n) is 6.78.